The van der Waals surface area contributed by atoms with E-state index in [1.54, 1.807) is 4.90 Å². The van der Waals surface area contributed by atoms with Crippen LogP contribution in [0.2, 0.25) is 0 Å². The van der Waals surface area contributed by atoms with E-state index in [9.17, 15) is 4.79 Å². The van der Waals surface area contributed by atoms with E-state index in [1.807, 2.05) is 52.8 Å². The summed E-state index contributed by atoms with van der Waals surface area (Å²) >= 11 is 0. The third-order valence-electron chi connectivity index (χ3n) is 3.01. The molecule has 0 unspecified atom stereocenters. The topological polar surface area (TPSA) is 29.5 Å². The molecular formula is C18H27NO2. The first kappa shape index (κ1) is 17.3. The average molecular weight is 289 g/mol. The number of rotatable bonds is 1. The Kier molecular flexibility index (Phi) is 6.47. The minimum atomic E-state index is -0.430. The maximum Gasteiger partial charge on any atom is 0.410 e. The molecule has 3 nitrogen and oxygen atoms in total. The first-order valence-corrected chi connectivity index (χ1v) is 7.68. The Labute approximate surface area is 128 Å². The molecule has 0 radical (unpaired) electrons. The van der Waals surface area contributed by atoms with Crippen LogP contribution in [0.3, 0.4) is 0 Å². The molecule has 1 heterocycles. The van der Waals surface area contributed by atoms with Gasteiger partial charge in [-0.15, -0.1) is 0 Å². The largest absolute Gasteiger partial charge is 0.444 e. The molecule has 3 heteroatoms. The summed E-state index contributed by atoms with van der Waals surface area (Å²) in [6.07, 6.45) is 2.77. The third-order valence-corrected chi connectivity index (χ3v) is 3.01. The summed E-state index contributed by atoms with van der Waals surface area (Å²) in [7, 11) is 0. The van der Waals surface area contributed by atoms with E-state index in [-0.39, 0.29) is 6.09 Å². The predicted molar refractivity (Wildman–Crippen MR) is 88.2 cm³/mol. The van der Waals surface area contributed by atoms with Gasteiger partial charge in [-0.2, -0.15) is 0 Å². The van der Waals surface area contributed by atoms with Crippen molar-refractivity contribution in [1.29, 1.82) is 0 Å². The molecule has 0 saturated heterocycles. The summed E-state index contributed by atoms with van der Waals surface area (Å²) in [5.74, 6) is 0. The van der Waals surface area contributed by atoms with Crippen LogP contribution < -0.4 is 0 Å². The fourth-order valence-corrected chi connectivity index (χ4v) is 2.08. The standard InChI is InChI=1S/C16H21NO2.C2H6/c1-16(2,3)19-15(18)17-11-9-14(10-12-17)13-7-5-4-6-8-13;1-2/h4-9H,10-12H2,1-3H3;1-2H3. The van der Waals surface area contributed by atoms with Gasteiger partial charge in [0.05, 0.1) is 0 Å². The van der Waals surface area contributed by atoms with E-state index >= 15 is 0 Å². The van der Waals surface area contributed by atoms with Gasteiger partial charge in [-0.1, -0.05) is 50.3 Å². The maximum atomic E-state index is 11.9. The van der Waals surface area contributed by atoms with Crippen molar-refractivity contribution in [3.8, 4) is 0 Å². The first-order valence-electron chi connectivity index (χ1n) is 7.68. The highest BCUT2D eigenvalue weighted by Gasteiger charge is 2.23. The van der Waals surface area contributed by atoms with E-state index in [4.69, 9.17) is 4.74 Å². The Morgan fingerprint density at radius 1 is 1.14 bits per heavy atom. The highest BCUT2D eigenvalue weighted by Crippen LogP contribution is 2.23. The van der Waals surface area contributed by atoms with Crippen molar-refractivity contribution < 1.29 is 9.53 Å². The summed E-state index contributed by atoms with van der Waals surface area (Å²) < 4.78 is 5.38. The lowest BCUT2D eigenvalue weighted by molar-refractivity contribution is 0.0270. The highest BCUT2D eigenvalue weighted by atomic mass is 16.6. The van der Waals surface area contributed by atoms with Crippen molar-refractivity contribution in [2.45, 2.75) is 46.6 Å². The minimum absolute atomic E-state index is 0.226. The van der Waals surface area contributed by atoms with Gasteiger partial charge in [0.15, 0.2) is 0 Å². The van der Waals surface area contributed by atoms with Crippen molar-refractivity contribution >= 4 is 11.7 Å². The van der Waals surface area contributed by atoms with Crippen molar-refractivity contribution in [3.05, 3.63) is 42.0 Å². The minimum Gasteiger partial charge on any atom is -0.444 e. The molecule has 1 aliphatic rings. The summed E-state index contributed by atoms with van der Waals surface area (Å²) in [4.78, 5) is 13.7. The molecule has 1 amide bonds. The number of carbonyl (C=O) groups is 1. The van der Waals surface area contributed by atoms with Crippen molar-refractivity contribution in [2.75, 3.05) is 13.1 Å². The average Bonchev–Trinajstić information content (AvgIpc) is 2.49. The molecule has 21 heavy (non-hydrogen) atoms. The van der Waals surface area contributed by atoms with Gasteiger partial charge < -0.3 is 9.64 Å². The molecule has 0 aliphatic carbocycles. The smallest absolute Gasteiger partial charge is 0.410 e. The van der Waals surface area contributed by atoms with Crippen LogP contribution in [0.15, 0.2) is 36.4 Å². The van der Waals surface area contributed by atoms with E-state index in [0.717, 1.165) is 13.0 Å². The Bertz CT molecular complexity index is 472. The Morgan fingerprint density at radius 2 is 1.76 bits per heavy atom. The maximum absolute atomic E-state index is 11.9. The van der Waals surface area contributed by atoms with Crippen molar-refractivity contribution in [3.63, 3.8) is 0 Å². The number of hydrogen-bond donors (Lipinski definition) is 0. The molecule has 0 atom stereocenters. The van der Waals surface area contributed by atoms with E-state index in [2.05, 4.69) is 18.2 Å². The molecule has 0 saturated carbocycles. The van der Waals surface area contributed by atoms with Gasteiger partial charge in [0, 0.05) is 13.1 Å². The number of amides is 1. The summed E-state index contributed by atoms with van der Waals surface area (Å²) in [5, 5.41) is 0. The fraction of sp³-hybridized carbons (Fsp3) is 0.500. The van der Waals surface area contributed by atoms with Crippen LogP contribution in [0.1, 0.15) is 46.6 Å². The normalized spacial score (nSPS) is 14.7. The van der Waals surface area contributed by atoms with Crippen LogP contribution in [0, 0.1) is 0 Å². The van der Waals surface area contributed by atoms with Gasteiger partial charge in [0.1, 0.15) is 5.60 Å². The number of carbonyl (C=O) groups excluding carboxylic acids is 1. The van der Waals surface area contributed by atoms with E-state index in [1.165, 1.54) is 11.1 Å². The summed E-state index contributed by atoms with van der Waals surface area (Å²) in [5.41, 5.74) is 2.12. The number of hydrogen-bond acceptors (Lipinski definition) is 2. The second kappa shape index (κ2) is 7.87. The van der Waals surface area contributed by atoms with Crippen LogP contribution in [0.4, 0.5) is 4.79 Å². The van der Waals surface area contributed by atoms with Crippen LogP contribution >= 0.6 is 0 Å². The third kappa shape index (κ3) is 5.62. The summed E-state index contributed by atoms with van der Waals surface area (Å²) in [6.45, 7) is 11.0. The second-order valence-electron chi connectivity index (χ2n) is 5.77. The monoisotopic (exact) mass is 289 g/mol. The van der Waals surface area contributed by atoms with Gasteiger partial charge >= 0.3 is 6.09 Å². The molecule has 1 aromatic carbocycles. The molecule has 0 spiro atoms. The van der Waals surface area contributed by atoms with Crippen LogP contribution in [0.5, 0.6) is 0 Å². The molecule has 0 N–H and O–H groups in total. The zero-order chi connectivity index (χ0) is 15.9. The lowest BCUT2D eigenvalue weighted by Crippen LogP contribution is -2.39. The van der Waals surface area contributed by atoms with Crippen molar-refractivity contribution in [1.82, 2.24) is 4.90 Å². The zero-order valence-corrected chi connectivity index (χ0v) is 13.8. The van der Waals surface area contributed by atoms with Gasteiger partial charge in [-0.3, -0.25) is 0 Å². The molecule has 0 bridgehead atoms. The second-order valence-corrected chi connectivity index (χ2v) is 5.77. The first-order chi connectivity index (χ1) is 9.96. The SMILES string of the molecule is CC.CC(C)(C)OC(=O)N1CC=C(c2ccccc2)CC1. The quantitative estimate of drug-likeness (QED) is 0.747. The predicted octanol–water partition coefficient (Wildman–Crippen LogP) is 4.74. The Morgan fingerprint density at radius 3 is 2.24 bits per heavy atom. The van der Waals surface area contributed by atoms with Gasteiger partial charge in [-0.25, -0.2) is 4.79 Å². The van der Waals surface area contributed by atoms with Crippen molar-refractivity contribution in [2.24, 2.45) is 0 Å². The number of nitrogens with zero attached hydrogens (tertiary/aromatic N) is 1. The molecular weight excluding hydrogens is 262 g/mol. The van der Waals surface area contributed by atoms with E-state index < -0.39 is 5.60 Å². The van der Waals surface area contributed by atoms with Crippen LogP contribution in [0.25, 0.3) is 5.57 Å². The van der Waals surface area contributed by atoms with Gasteiger partial charge in [0.25, 0.3) is 0 Å². The van der Waals surface area contributed by atoms with Gasteiger partial charge in [0.2, 0.25) is 0 Å². The fourth-order valence-electron chi connectivity index (χ4n) is 2.08. The lowest BCUT2D eigenvalue weighted by atomic mass is 10.00. The Balaban J connectivity index is 0.00000106. The lowest BCUT2D eigenvalue weighted by Gasteiger charge is -2.29. The van der Waals surface area contributed by atoms with Crippen LogP contribution in [-0.4, -0.2) is 29.7 Å². The molecule has 1 aromatic rings. The summed E-state index contributed by atoms with van der Waals surface area (Å²) in [6, 6.07) is 10.3. The Hall–Kier alpha value is -1.77. The number of benzene rings is 1. The molecule has 0 fully saturated rings. The van der Waals surface area contributed by atoms with E-state index in [0.29, 0.717) is 6.54 Å². The zero-order valence-electron chi connectivity index (χ0n) is 13.8. The molecule has 0 aromatic heterocycles. The molecule has 116 valence electrons. The number of ether oxygens (including phenoxy) is 1. The highest BCUT2D eigenvalue weighted by molar-refractivity contribution is 5.72. The van der Waals surface area contributed by atoms with Crippen LogP contribution in [-0.2, 0) is 4.74 Å². The van der Waals surface area contributed by atoms with Gasteiger partial charge in [-0.05, 0) is 38.3 Å². The molecule has 2 rings (SSSR count). The molecule has 1 aliphatic heterocycles.